The number of aromatic nitrogens is 5. The summed E-state index contributed by atoms with van der Waals surface area (Å²) in [6.07, 6.45) is 8.11. The first-order valence-corrected chi connectivity index (χ1v) is 14.1. The van der Waals surface area contributed by atoms with Crippen LogP contribution < -0.4 is 10.6 Å². The van der Waals surface area contributed by atoms with Crippen LogP contribution in [0.2, 0.25) is 0 Å². The Bertz CT molecular complexity index is 1620. The molecule has 1 aromatic carbocycles. The maximum atomic E-state index is 9.22. The summed E-state index contributed by atoms with van der Waals surface area (Å²) in [5.74, 6) is 1.55. The Kier molecular flexibility index (Phi) is 7.90. The molecule has 5 heterocycles. The van der Waals surface area contributed by atoms with E-state index in [-0.39, 0.29) is 0 Å². The number of ether oxygens (including phenoxy) is 1. The van der Waals surface area contributed by atoms with Gasteiger partial charge in [0.2, 0.25) is 0 Å². The molecule has 1 saturated heterocycles. The molecule has 0 radical (unpaired) electrons. The van der Waals surface area contributed by atoms with E-state index in [2.05, 4.69) is 43.8 Å². The molecule has 40 heavy (non-hydrogen) atoms. The minimum Gasteiger partial charge on any atom is -0.379 e. The van der Waals surface area contributed by atoms with Gasteiger partial charge in [-0.1, -0.05) is 17.4 Å². The molecule has 4 aromatic heterocycles. The summed E-state index contributed by atoms with van der Waals surface area (Å²) >= 11 is 1.56. The monoisotopic (exact) mass is 551 g/mol. The van der Waals surface area contributed by atoms with Gasteiger partial charge in [-0.25, -0.2) is 9.97 Å². The maximum Gasteiger partial charge on any atom is 0.189 e. The molecule has 0 bridgehead atoms. The second kappa shape index (κ2) is 12.2. The molecule has 0 atom stereocenters. The molecular weight excluding hydrogens is 522 g/mol. The van der Waals surface area contributed by atoms with Gasteiger partial charge < -0.3 is 15.4 Å². The van der Waals surface area contributed by atoms with Crippen molar-refractivity contribution in [3.05, 3.63) is 78.4 Å². The van der Waals surface area contributed by atoms with E-state index in [0.717, 1.165) is 89.5 Å². The number of nitriles is 1. The predicted molar refractivity (Wildman–Crippen MR) is 157 cm³/mol. The first-order chi connectivity index (χ1) is 19.7. The number of benzene rings is 1. The van der Waals surface area contributed by atoms with E-state index < -0.39 is 0 Å². The van der Waals surface area contributed by atoms with Gasteiger partial charge in [0.25, 0.3) is 0 Å². The number of thiazole rings is 1. The van der Waals surface area contributed by atoms with Gasteiger partial charge in [-0.05, 0) is 60.5 Å². The minimum atomic E-state index is 0.538. The fraction of sp³-hybridized carbons (Fsp3) is 0.276. The van der Waals surface area contributed by atoms with Crippen LogP contribution in [0.1, 0.15) is 17.5 Å². The lowest BCUT2D eigenvalue weighted by Crippen LogP contribution is -2.37. The summed E-state index contributed by atoms with van der Waals surface area (Å²) in [6, 6.07) is 16.1. The zero-order chi connectivity index (χ0) is 27.1. The van der Waals surface area contributed by atoms with E-state index in [1.807, 2.05) is 41.2 Å². The summed E-state index contributed by atoms with van der Waals surface area (Å²) in [5, 5.41) is 21.3. The molecule has 2 N–H and O–H groups in total. The van der Waals surface area contributed by atoms with Gasteiger partial charge in [-0.2, -0.15) is 10.4 Å². The second-order valence-electron chi connectivity index (χ2n) is 9.58. The number of anilines is 3. The number of hydrogen-bond acceptors (Lipinski definition) is 10. The maximum absolute atomic E-state index is 9.22. The van der Waals surface area contributed by atoms with Crippen molar-refractivity contribution < 1.29 is 4.74 Å². The van der Waals surface area contributed by atoms with Gasteiger partial charge in [-0.15, -0.1) is 0 Å². The molecule has 1 aliphatic rings. The van der Waals surface area contributed by atoms with Crippen molar-refractivity contribution in [2.24, 2.45) is 0 Å². The quantitative estimate of drug-likeness (QED) is 0.237. The average molecular weight is 552 g/mol. The number of nitrogens with zero attached hydrogens (tertiary/aromatic N) is 7. The molecule has 0 unspecified atom stereocenters. The topological polar surface area (TPSA) is 117 Å². The first kappa shape index (κ1) is 25.9. The van der Waals surface area contributed by atoms with Crippen LogP contribution in [0.15, 0.2) is 67.3 Å². The molecule has 1 aliphatic heterocycles. The number of nitrogens with one attached hydrogen (secondary N) is 2. The van der Waals surface area contributed by atoms with Crippen molar-refractivity contribution in [2.45, 2.75) is 13.0 Å². The molecule has 10 nitrogen and oxygen atoms in total. The number of hydrogen-bond donors (Lipinski definition) is 2. The molecule has 0 saturated carbocycles. The van der Waals surface area contributed by atoms with Gasteiger partial charge in [0.15, 0.2) is 5.13 Å². The van der Waals surface area contributed by atoms with Gasteiger partial charge in [0, 0.05) is 50.0 Å². The third kappa shape index (κ3) is 6.43. The average Bonchev–Trinajstić information content (AvgIpc) is 3.65. The fourth-order valence-corrected chi connectivity index (χ4v) is 5.60. The van der Waals surface area contributed by atoms with Crippen LogP contribution in [0.5, 0.6) is 0 Å². The smallest absolute Gasteiger partial charge is 0.189 e. The third-order valence-electron chi connectivity index (χ3n) is 6.67. The second-order valence-corrected chi connectivity index (χ2v) is 10.6. The van der Waals surface area contributed by atoms with E-state index in [1.54, 1.807) is 29.9 Å². The van der Waals surface area contributed by atoms with Crippen molar-refractivity contribution in [3.8, 4) is 17.2 Å². The SMILES string of the molecule is N#Cc1cncc(-c2ccc3nc(Nc4cc(Cn5cccn5)cc(NCCCN5CCOCC5)n4)sc3c2)c1. The van der Waals surface area contributed by atoms with Crippen molar-refractivity contribution >= 4 is 38.3 Å². The molecule has 5 aromatic rings. The van der Waals surface area contributed by atoms with E-state index in [9.17, 15) is 5.26 Å². The normalized spacial score (nSPS) is 13.8. The van der Waals surface area contributed by atoms with Gasteiger partial charge >= 0.3 is 0 Å². The number of morpholine rings is 1. The highest BCUT2D eigenvalue weighted by Crippen LogP contribution is 2.32. The number of rotatable bonds is 10. The third-order valence-corrected chi connectivity index (χ3v) is 7.61. The summed E-state index contributed by atoms with van der Waals surface area (Å²) in [7, 11) is 0. The van der Waals surface area contributed by atoms with Crippen LogP contribution >= 0.6 is 11.3 Å². The zero-order valence-electron chi connectivity index (χ0n) is 22.0. The van der Waals surface area contributed by atoms with E-state index in [0.29, 0.717) is 12.1 Å². The Labute approximate surface area is 236 Å². The van der Waals surface area contributed by atoms with Gasteiger partial charge in [0.1, 0.15) is 17.7 Å². The summed E-state index contributed by atoms with van der Waals surface area (Å²) in [5.41, 5.74) is 4.42. The Morgan fingerprint density at radius 1 is 1.02 bits per heavy atom. The molecule has 11 heteroatoms. The Hall–Kier alpha value is -4.37. The lowest BCUT2D eigenvalue weighted by atomic mass is 10.1. The lowest BCUT2D eigenvalue weighted by Gasteiger charge is -2.26. The molecule has 0 aliphatic carbocycles. The molecule has 202 valence electrons. The van der Waals surface area contributed by atoms with Crippen LogP contribution in [-0.4, -0.2) is 69.0 Å². The number of fused-ring (bicyclic) bond motifs is 1. The van der Waals surface area contributed by atoms with Crippen molar-refractivity contribution in [1.82, 2.24) is 29.6 Å². The largest absolute Gasteiger partial charge is 0.379 e. The molecule has 6 rings (SSSR count). The predicted octanol–water partition coefficient (Wildman–Crippen LogP) is 4.75. The fourth-order valence-electron chi connectivity index (χ4n) is 4.68. The van der Waals surface area contributed by atoms with E-state index in [1.165, 1.54) is 0 Å². The van der Waals surface area contributed by atoms with Crippen LogP contribution in [0.3, 0.4) is 0 Å². The zero-order valence-corrected chi connectivity index (χ0v) is 22.8. The standard InChI is InChI=1S/C29H29N9OS/c30-17-22-13-24(19-31-18-22)23-3-4-25-26(16-23)40-29(34-25)36-28-15-21(20-38-8-2-6-33-38)14-27(35-28)32-5-1-7-37-9-11-39-12-10-37/h2-4,6,8,13-16,18-19H,1,5,7,9-12,20H2,(H2,32,34,35,36). The molecule has 1 fully saturated rings. The highest BCUT2D eigenvalue weighted by Gasteiger charge is 2.12. The Balaban J connectivity index is 1.19. The highest BCUT2D eigenvalue weighted by atomic mass is 32.1. The number of pyridine rings is 2. The van der Waals surface area contributed by atoms with Gasteiger partial charge in [-0.3, -0.25) is 14.6 Å². The van der Waals surface area contributed by atoms with E-state index in [4.69, 9.17) is 14.7 Å². The highest BCUT2D eigenvalue weighted by molar-refractivity contribution is 7.22. The molecule has 0 amide bonds. The van der Waals surface area contributed by atoms with Crippen LogP contribution in [0.25, 0.3) is 21.3 Å². The molecule has 0 spiro atoms. The molecular formula is C29H29N9OS. The summed E-state index contributed by atoms with van der Waals surface area (Å²) in [6.45, 7) is 6.15. The van der Waals surface area contributed by atoms with Crippen molar-refractivity contribution in [2.75, 3.05) is 50.0 Å². The lowest BCUT2D eigenvalue weighted by molar-refractivity contribution is 0.0378. The van der Waals surface area contributed by atoms with Crippen LogP contribution in [0, 0.1) is 11.3 Å². The van der Waals surface area contributed by atoms with Crippen molar-refractivity contribution in [1.29, 1.82) is 5.26 Å². The Morgan fingerprint density at radius 3 is 2.77 bits per heavy atom. The van der Waals surface area contributed by atoms with Crippen LogP contribution in [0.4, 0.5) is 16.8 Å². The first-order valence-electron chi connectivity index (χ1n) is 13.3. The Morgan fingerprint density at radius 2 is 1.93 bits per heavy atom. The van der Waals surface area contributed by atoms with Gasteiger partial charge in [0.05, 0.1) is 35.5 Å². The minimum absolute atomic E-state index is 0.538. The summed E-state index contributed by atoms with van der Waals surface area (Å²) in [4.78, 5) is 16.3. The van der Waals surface area contributed by atoms with Crippen LogP contribution in [-0.2, 0) is 11.3 Å². The summed E-state index contributed by atoms with van der Waals surface area (Å²) < 4.78 is 8.39. The van der Waals surface area contributed by atoms with Crippen molar-refractivity contribution in [3.63, 3.8) is 0 Å². The van der Waals surface area contributed by atoms with E-state index >= 15 is 0 Å².